The maximum Gasteiger partial charge on any atom is 0.145 e. The number of thiophene rings is 2. The summed E-state index contributed by atoms with van der Waals surface area (Å²) in [7, 11) is 0. The van der Waals surface area contributed by atoms with Crippen LogP contribution < -0.4 is 4.90 Å². The molecule has 0 atom stereocenters. The number of nitrogens with zero attached hydrogens (tertiary/aromatic N) is 1. The second-order valence-electron chi connectivity index (χ2n) is 14.8. The Labute approximate surface area is 343 Å². The van der Waals surface area contributed by atoms with Gasteiger partial charge in [0.1, 0.15) is 11.2 Å². The van der Waals surface area contributed by atoms with E-state index in [2.05, 4.69) is 205 Å². The van der Waals surface area contributed by atoms with Crippen LogP contribution >= 0.6 is 22.7 Å². The Hall–Kier alpha value is -6.98. The number of rotatable bonds is 6. The van der Waals surface area contributed by atoms with Crippen LogP contribution in [-0.4, -0.2) is 0 Å². The molecule has 9 aromatic carbocycles. The van der Waals surface area contributed by atoms with E-state index in [1.807, 2.05) is 22.7 Å². The van der Waals surface area contributed by atoms with Gasteiger partial charge in [0.05, 0.1) is 11.1 Å². The average molecular weight is 776 g/mol. The Morgan fingerprint density at radius 1 is 0.345 bits per heavy atom. The lowest BCUT2D eigenvalue weighted by molar-refractivity contribution is 0.670. The van der Waals surface area contributed by atoms with Gasteiger partial charge in [-0.05, 0) is 101 Å². The molecule has 0 aliphatic rings. The molecule has 3 aromatic heterocycles. The Morgan fingerprint density at radius 2 is 0.948 bits per heavy atom. The highest BCUT2D eigenvalue weighted by Crippen LogP contribution is 2.49. The van der Waals surface area contributed by atoms with Crippen LogP contribution in [0.5, 0.6) is 0 Å². The van der Waals surface area contributed by atoms with Gasteiger partial charge in [-0.3, -0.25) is 0 Å². The number of benzene rings is 9. The molecular weight excluding hydrogens is 743 g/mol. The fraction of sp³-hybridized carbons (Fsp3) is 0. The zero-order valence-electron chi connectivity index (χ0n) is 31.2. The normalized spacial score (nSPS) is 11.8. The molecule has 58 heavy (non-hydrogen) atoms. The van der Waals surface area contributed by atoms with Crippen molar-refractivity contribution in [2.75, 3.05) is 4.90 Å². The van der Waals surface area contributed by atoms with Gasteiger partial charge in [-0.25, -0.2) is 0 Å². The van der Waals surface area contributed by atoms with Crippen LogP contribution in [-0.2, 0) is 0 Å². The molecule has 0 radical (unpaired) electrons. The third-order valence-electron chi connectivity index (χ3n) is 11.5. The van der Waals surface area contributed by atoms with Gasteiger partial charge < -0.3 is 9.32 Å². The first kappa shape index (κ1) is 33.2. The quantitative estimate of drug-likeness (QED) is 0.167. The van der Waals surface area contributed by atoms with Crippen LogP contribution in [0.2, 0.25) is 0 Å². The van der Waals surface area contributed by atoms with E-state index in [1.54, 1.807) is 0 Å². The summed E-state index contributed by atoms with van der Waals surface area (Å²) >= 11 is 3.71. The largest absolute Gasteiger partial charge is 0.455 e. The summed E-state index contributed by atoms with van der Waals surface area (Å²) in [6.45, 7) is 0. The molecule has 4 heteroatoms. The van der Waals surface area contributed by atoms with E-state index in [0.29, 0.717) is 0 Å². The summed E-state index contributed by atoms with van der Waals surface area (Å²) in [5.74, 6) is 0. The number of anilines is 3. The van der Waals surface area contributed by atoms with Gasteiger partial charge in [-0.15, -0.1) is 22.7 Å². The molecule has 0 saturated heterocycles. The maximum absolute atomic E-state index is 7.04. The molecule has 2 nitrogen and oxygen atoms in total. The molecule has 12 rings (SSSR count). The van der Waals surface area contributed by atoms with E-state index in [1.165, 1.54) is 51.5 Å². The van der Waals surface area contributed by atoms with E-state index in [4.69, 9.17) is 4.42 Å². The summed E-state index contributed by atoms with van der Waals surface area (Å²) in [4.78, 5) is 2.46. The smallest absolute Gasteiger partial charge is 0.145 e. The summed E-state index contributed by atoms with van der Waals surface area (Å²) < 4.78 is 12.2. The van der Waals surface area contributed by atoms with Gasteiger partial charge in [0.15, 0.2) is 0 Å². The zero-order valence-corrected chi connectivity index (χ0v) is 32.9. The molecule has 0 aliphatic carbocycles. The third kappa shape index (κ3) is 5.30. The van der Waals surface area contributed by atoms with E-state index >= 15 is 0 Å². The molecule has 272 valence electrons. The zero-order chi connectivity index (χ0) is 38.2. The predicted octanol–water partition coefficient (Wildman–Crippen LogP) is 16.8. The lowest BCUT2D eigenvalue weighted by Crippen LogP contribution is -2.10. The van der Waals surface area contributed by atoms with Crippen LogP contribution in [0.25, 0.3) is 95.7 Å². The highest BCUT2D eigenvalue weighted by atomic mass is 32.1. The molecular formula is C54H33NOS2. The highest BCUT2D eigenvalue weighted by Gasteiger charge is 2.24. The topological polar surface area (TPSA) is 16.4 Å². The van der Waals surface area contributed by atoms with E-state index in [0.717, 1.165) is 61.3 Å². The van der Waals surface area contributed by atoms with E-state index in [9.17, 15) is 0 Å². The fourth-order valence-corrected chi connectivity index (χ4v) is 11.0. The molecule has 12 aromatic rings. The molecule has 0 bridgehead atoms. The Morgan fingerprint density at radius 3 is 1.71 bits per heavy atom. The molecule has 0 saturated carbocycles. The number of fused-ring (bicyclic) bond motifs is 9. The summed E-state index contributed by atoms with van der Waals surface area (Å²) in [5.41, 5.74) is 12.0. The Kier molecular flexibility index (Phi) is 7.62. The van der Waals surface area contributed by atoms with Crippen LogP contribution in [0, 0.1) is 0 Å². The third-order valence-corrected chi connectivity index (χ3v) is 13.8. The Balaban J connectivity index is 1.16. The van der Waals surface area contributed by atoms with Crippen LogP contribution in [0.4, 0.5) is 17.1 Å². The van der Waals surface area contributed by atoms with Gasteiger partial charge in [0.25, 0.3) is 0 Å². The van der Waals surface area contributed by atoms with Crippen molar-refractivity contribution in [1.82, 2.24) is 0 Å². The van der Waals surface area contributed by atoms with Crippen LogP contribution in [0.3, 0.4) is 0 Å². The van der Waals surface area contributed by atoms with E-state index < -0.39 is 0 Å². The molecule has 0 fully saturated rings. The van der Waals surface area contributed by atoms with Crippen molar-refractivity contribution in [3.05, 3.63) is 200 Å². The second-order valence-corrected chi connectivity index (χ2v) is 17.0. The molecule has 0 amide bonds. The molecule has 3 heterocycles. The van der Waals surface area contributed by atoms with Crippen molar-refractivity contribution in [3.8, 4) is 33.4 Å². The van der Waals surface area contributed by atoms with E-state index in [-0.39, 0.29) is 0 Å². The lowest BCUT2D eigenvalue weighted by Gasteiger charge is -2.27. The van der Waals surface area contributed by atoms with Crippen LogP contribution in [0.1, 0.15) is 0 Å². The fourth-order valence-electron chi connectivity index (χ4n) is 8.80. The summed E-state index contributed by atoms with van der Waals surface area (Å²) in [6.07, 6.45) is 0. The van der Waals surface area contributed by atoms with Crippen molar-refractivity contribution >= 4 is 102 Å². The second kappa shape index (κ2) is 13.3. The summed E-state index contributed by atoms with van der Waals surface area (Å²) in [5, 5.41) is 7.27. The first-order valence-corrected chi connectivity index (χ1v) is 21.2. The van der Waals surface area contributed by atoms with Gasteiger partial charge in [-0.2, -0.15) is 0 Å². The van der Waals surface area contributed by atoms with Crippen molar-refractivity contribution in [2.45, 2.75) is 0 Å². The lowest BCUT2D eigenvalue weighted by atomic mass is 9.98. The van der Waals surface area contributed by atoms with Crippen LogP contribution in [0.15, 0.2) is 205 Å². The van der Waals surface area contributed by atoms with Crippen molar-refractivity contribution in [2.24, 2.45) is 0 Å². The number of hydrogen-bond donors (Lipinski definition) is 0. The first-order chi connectivity index (χ1) is 28.7. The minimum atomic E-state index is 0.868. The monoisotopic (exact) mass is 775 g/mol. The number of furan rings is 1. The summed E-state index contributed by atoms with van der Waals surface area (Å²) in [6, 6.07) is 72.6. The van der Waals surface area contributed by atoms with Crippen molar-refractivity contribution in [1.29, 1.82) is 0 Å². The van der Waals surface area contributed by atoms with Gasteiger partial charge >= 0.3 is 0 Å². The maximum atomic E-state index is 7.04. The molecule has 0 N–H and O–H groups in total. The van der Waals surface area contributed by atoms with Crippen molar-refractivity contribution < 1.29 is 4.42 Å². The minimum absolute atomic E-state index is 0.868. The SMILES string of the molecule is c1ccc(-c2ccc3c(c2)oc2c(-c4ccccc4)ccc(N(c4ccc5sc6ccccc6c5c4)c4ccc5sc6cccc(-c7ccccc7)c6c5c4)c23)cc1. The van der Waals surface area contributed by atoms with Gasteiger partial charge in [0, 0.05) is 62.7 Å². The van der Waals surface area contributed by atoms with Crippen molar-refractivity contribution in [3.63, 3.8) is 0 Å². The molecule has 0 unspecified atom stereocenters. The predicted molar refractivity (Wildman–Crippen MR) is 250 cm³/mol. The molecule has 0 spiro atoms. The minimum Gasteiger partial charge on any atom is -0.455 e. The highest BCUT2D eigenvalue weighted by molar-refractivity contribution is 7.26. The standard InChI is InChI=1S/C54H33NOS2/c1-4-13-34(14-5-1)37-23-26-43-47(31-37)56-54-41(36-17-8-3-9-18-36)27-28-46(53(43)54)55(38-24-29-49-44(32-38)42-19-10-11-21-48(42)57-49)39-25-30-50-45(33-39)52-40(20-12-22-51(52)58-50)35-15-6-2-7-16-35/h1-33H. The Bertz CT molecular complexity index is 3510. The molecule has 0 aliphatic heterocycles. The van der Waals surface area contributed by atoms with Gasteiger partial charge in [-0.1, -0.05) is 127 Å². The average Bonchev–Trinajstić information content (AvgIpc) is 3.98. The van der Waals surface area contributed by atoms with Gasteiger partial charge in [0.2, 0.25) is 0 Å². The first-order valence-electron chi connectivity index (χ1n) is 19.6. The number of hydrogen-bond acceptors (Lipinski definition) is 4.